The van der Waals surface area contributed by atoms with E-state index in [9.17, 15) is 4.79 Å². The van der Waals surface area contributed by atoms with Crippen LogP contribution < -0.4 is 10.6 Å². The Bertz CT molecular complexity index is 631. The van der Waals surface area contributed by atoms with Crippen LogP contribution in [0.1, 0.15) is 12.1 Å². The summed E-state index contributed by atoms with van der Waals surface area (Å²) in [6, 6.07) is 5.88. The number of anilines is 1. The summed E-state index contributed by atoms with van der Waals surface area (Å²) in [6.07, 6.45) is 0.430. The fourth-order valence-electron chi connectivity index (χ4n) is 2.47. The van der Waals surface area contributed by atoms with E-state index in [-0.39, 0.29) is 11.9 Å². The van der Waals surface area contributed by atoms with Crippen molar-refractivity contribution in [3.05, 3.63) is 23.9 Å². The van der Waals surface area contributed by atoms with Crippen molar-refractivity contribution in [1.82, 2.24) is 9.78 Å². The van der Waals surface area contributed by atoms with E-state index in [4.69, 9.17) is 5.73 Å². The van der Waals surface area contributed by atoms with E-state index < -0.39 is 0 Å². The highest BCUT2D eigenvalue weighted by atomic mass is 16.2. The Morgan fingerprint density at radius 3 is 2.89 bits per heavy atom. The Balaban J connectivity index is 2.06. The highest BCUT2D eigenvalue weighted by molar-refractivity contribution is 5.98. The molecule has 5 heteroatoms. The molecule has 0 spiro atoms. The van der Waals surface area contributed by atoms with Crippen molar-refractivity contribution in [3.8, 4) is 0 Å². The van der Waals surface area contributed by atoms with Gasteiger partial charge in [0.15, 0.2) is 0 Å². The van der Waals surface area contributed by atoms with Crippen LogP contribution in [-0.2, 0) is 11.8 Å². The molecule has 0 bridgehead atoms. The second-order valence-electron chi connectivity index (χ2n) is 4.88. The summed E-state index contributed by atoms with van der Waals surface area (Å²) >= 11 is 0. The molecule has 1 saturated heterocycles. The maximum absolute atomic E-state index is 11.8. The lowest BCUT2D eigenvalue weighted by molar-refractivity contribution is -0.117. The third kappa shape index (κ3) is 1.59. The molecule has 94 valence electrons. The molecule has 1 aromatic carbocycles. The first-order chi connectivity index (χ1) is 8.56. The van der Waals surface area contributed by atoms with Gasteiger partial charge in [0.2, 0.25) is 5.91 Å². The Morgan fingerprint density at radius 1 is 1.44 bits per heavy atom. The monoisotopic (exact) mass is 244 g/mol. The average molecular weight is 244 g/mol. The van der Waals surface area contributed by atoms with Crippen molar-refractivity contribution in [2.75, 3.05) is 11.4 Å². The molecular formula is C13H16N4O. The van der Waals surface area contributed by atoms with Crippen molar-refractivity contribution in [2.24, 2.45) is 12.8 Å². The molecule has 1 aliphatic rings. The van der Waals surface area contributed by atoms with E-state index >= 15 is 0 Å². The maximum Gasteiger partial charge on any atom is 0.228 e. The molecule has 2 N–H and O–H groups in total. The quantitative estimate of drug-likeness (QED) is 0.812. The van der Waals surface area contributed by atoms with E-state index in [1.807, 2.05) is 36.9 Å². The molecule has 18 heavy (non-hydrogen) atoms. The molecule has 0 radical (unpaired) electrons. The zero-order valence-corrected chi connectivity index (χ0v) is 10.6. The van der Waals surface area contributed by atoms with Crippen molar-refractivity contribution >= 4 is 22.5 Å². The van der Waals surface area contributed by atoms with Gasteiger partial charge in [0, 0.05) is 42.8 Å². The molecule has 0 aliphatic carbocycles. The zero-order valence-electron chi connectivity index (χ0n) is 10.6. The summed E-state index contributed by atoms with van der Waals surface area (Å²) in [5, 5.41) is 5.56. The molecule has 1 aromatic heterocycles. The molecule has 1 fully saturated rings. The number of hydrogen-bond acceptors (Lipinski definition) is 3. The number of benzene rings is 1. The molecule has 1 aliphatic heterocycles. The molecule has 2 aromatic rings. The van der Waals surface area contributed by atoms with E-state index in [1.165, 1.54) is 0 Å². The number of nitrogens with zero attached hydrogens (tertiary/aromatic N) is 3. The molecule has 1 unspecified atom stereocenters. The van der Waals surface area contributed by atoms with Crippen LogP contribution in [0.25, 0.3) is 10.9 Å². The maximum atomic E-state index is 11.8. The number of fused-ring (bicyclic) bond motifs is 1. The Kier molecular flexibility index (Phi) is 2.38. The summed E-state index contributed by atoms with van der Waals surface area (Å²) < 4.78 is 1.85. The fourth-order valence-corrected chi connectivity index (χ4v) is 2.47. The van der Waals surface area contributed by atoms with Gasteiger partial charge in [0.05, 0.1) is 5.52 Å². The summed E-state index contributed by atoms with van der Waals surface area (Å²) in [5.74, 6) is 0.0921. The first-order valence-corrected chi connectivity index (χ1v) is 6.05. The van der Waals surface area contributed by atoms with Gasteiger partial charge in [-0.3, -0.25) is 9.48 Å². The molecule has 3 rings (SSSR count). The van der Waals surface area contributed by atoms with Crippen molar-refractivity contribution in [1.29, 1.82) is 0 Å². The SMILES string of the molecule is Cc1c2ccc(N3CC(N)CC3=O)cc2nn1C. The molecular weight excluding hydrogens is 228 g/mol. The first-order valence-electron chi connectivity index (χ1n) is 6.05. The van der Waals surface area contributed by atoms with Crippen LogP contribution in [0.2, 0.25) is 0 Å². The summed E-state index contributed by atoms with van der Waals surface area (Å²) in [6.45, 7) is 2.63. The number of aryl methyl sites for hydroxylation is 2. The Morgan fingerprint density at radius 2 is 2.22 bits per heavy atom. The standard InChI is InChI=1S/C13H16N4O/c1-8-11-4-3-10(6-12(11)15-16(8)2)17-7-9(14)5-13(17)18/h3-4,6,9H,5,7,14H2,1-2H3. The smallest absolute Gasteiger partial charge is 0.228 e. The minimum atomic E-state index is -0.0568. The van der Waals surface area contributed by atoms with E-state index in [1.54, 1.807) is 4.90 Å². The minimum Gasteiger partial charge on any atom is -0.326 e. The van der Waals surface area contributed by atoms with Crippen molar-refractivity contribution < 1.29 is 4.79 Å². The molecule has 1 atom stereocenters. The van der Waals surface area contributed by atoms with Crippen LogP contribution in [0.5, 0.6) is 0 Å². The van der Waals surface area contributed by atoms with Crippen LogP contribution in [0.15, 0.2) is 18.2 Å². The number of carbonyl (C=O) groups is 1. The third-order valence-electron chi connectivity index (χ3n) is 3.58. The highest BCUT2D eigenvalue weighted by Crippen LogP contribution is 2.26. The van der Waals surface area contributed by atoms with Gasteiger partial charge in [-0.25, -0.2) is 0 Å². The van der Waals surface area contributed by atoms with Crippen LogP contribution >= 0.6 is 0 Å². The van der Waals surface area contributed by atoms with Crippen LogP contribution in [0, 0.1) is 6.92 Å². The van der Waals surface area contributed by atoms with E-state index in [0.29, 0.717) is 13.0 Å². The van der Waals surface area contributed by atoms with Gasteiger partial charge in [-0.2, -0.15) is 5.10 Å². The number of aromatic nitrogens is 2. The van der Waals surface area contributed by atoms with Gasteiger partial charge >= 0.3 is 0 Å². The largest absolute Gasteiger partial charge is 0.326 e. The number of nitrogens with two attached hydrogens (primary N) is 1. The molecule has 0 saturated carbocycles. The van der Waals surface area contributed by atoms with E-state index in [0.717, 1.165) is 22.3 Å². The molecule has 1 amide bonds. The van der Waals surface area contributed by atoms with Gasteiger partial charge in [-0.05, 0) is 25.1 Å². The number of carbonyl (C=O) groups excluding carboxylic acids is 1. The van der Waals surface area contributed by atoms with Gasteiger partial charge in [0.25, 0.3) is 0 Å². The van der Waals surface area contributed by atoms with Crippen molar-refractivity contribution in [2.45, 2.75) is 19.4 Å². The Hall–Kier alpha value is -1.88. The first kappa shape index (κ1) is 11.2. The number of rotatable bonds is 1. The Labute approximate surface area is 105 Å². The van der Waals surface area contributed by atoms with Gasteiger partial charge in [-0.15, -0.1) is 0 Å². The highest BCUT2D eigenvalue weighted by Gasteiger charge is 2.28. The lowest BCUT2D eigenvalue weighted by atomic mass is 10.2. The predicted octanol–water partition coefficient (Wildman–Crippen LogP) is 0.946. The third-order valence-corrected chi connectivity index (χ3v) is 3.58. The van der Waals surface area contributed by atoms with Gasteiger partial charge in [-0.1, -0.05) is 0 Å². The number of hydrogen-bond donors (Lipinski definition) is 1. The predicted molar refractivity (Wildman–Crippen MR) is 70.4 cm³/mol. The fraction of sp³-hybridized carbons (Fsp3) is 0.385. The summed E-state index contributed by atoms with van der Waals surface area (Å²) in [5.41, 5.74) is 8.74. The molecule has 5 nitrogen and oxygen atoms in total. The van der Waals surface area contributed by atoms with Crippen LogP contribution in [-0.4, -0.2) is 28.3 Å². The zero-order chi connectivity index (χ0) is 12.9. The summed E-state index contributed by atoms with van der Waals surface area (Å²) in [4.78, 5) is 13.6. The van der Waals surface area contributed by atoms with Crippen molar-refractivity contribution in [3.63, 3.8) is 0 Å². The normalized spacial score (nSPS) is 20.1. The van der Waals surface area contributed by atoms with Gasteiger partial charge < -0.3 is 10.6 Å². The minimum absolute atomic E-state index is 0.0568. The van der Waals surface area contributed by atoms with E-state index in [2.05, 4.69) is 5.10 Å². The number of amides is 1. The van der Waals surface area contributed by atoms with Gasteiger partial charge in [0.1, 0.15) is 0 Å². The topological polar surface area (TPSA) is 64.2 Å². The second kappa shape index (κ2) is 3.81. The second-order valence-corrected chi connectivity index (χ2v) is 4.88. The van der Waals surface area contributed by atoms with Crippen LogP contribution in [0.3, 0.4) is 0 Å². The molecule has 2 heterocycles. The lowest BCUT2D eigenvalue weighted by Crippen LogP contribution is -2.27. The summed E-state index contributed by atoms with van der Waals surface area (Å²) in [7, 11) is 1.92. The average Bonchev–Trinajstić information content (AvgIpc) is 2.80. The lowest BCUT2D eigenvalue weighted by Gasteiger charge is -2.15. The van der Waals surface area contributed by atoms with Crippen LogP contribution in [0.4, 0.5) is 5.69 Å².